The van der Waals surface area contributed by atoms with Gasteiger partial charge in [0.25, 0.3) is 5.91 Å². The van der Waals surface area contributed by atoms with Crippen LogP contribution in [0.5, 0.6) is 5.75 Å². The number of aryl methyl sites for hydroxylation is 2. The molecule has 3 rings (SSSR count). The van der Waals surface area contributed by atoms with Gasteiger partial charge in [0, 0.05) is 24.5 Å². The zero-order chi connectivity index (χ0) is 25.6. The average Bonchev–Trinajstić information content (AvgIpc) is 3.14. The summed E-state index contributed by atoms with van der Waals surface area (Å²) >= 11 is 0. The maximum absolute atomic E-state index is 13.4. The number of nitrogens with zero attached hydrogens (tertiary/aromatic N) is 2. The smallest absolute Gasteiger partial charge is 0.266 e. The Bertz CT molecular complexity index is 1050. The molecule has 0 aliphatic carbocycles. The van der Waals surface area contributed by atoms with E-state index in [2.05, 4.69) is 10.3 Å². The van der Waals surface area contributed by atoms with Crippen molar-refractivity contribution in [1.29, 1.82) is 0 Å². The van der Waals surface area contributed by atoms with Crippen molar-refractivity contribution >= 4 is 17.7 Å². The highest BCUT2D eigenvalue weighted by Crippen LogP contribution is 2.37. The van der Waals surface area contributed by atoms with E-state index in [1.165, 1.54) is 4.90 Å². The fourth-order valence-electron chi connectivity index (χ4n) is 4.45. The summed E-state index contributed by atoms with van der Waals surface area (Å²) < 4.78 is 5.91. The Kier molecular flexibility index (Phi) is 8.42. The largest absolute Gasteiger partial charge is 0.489 e. The van der Waals surface area contributed by atoms with Crippen LogP contribution in [0.2, 0.25) is 0 Å². The summed E-state index contributed by atoms with van der Waals surface area (Å²) in [5, 5.41) is 11.8. The molecule has 0 bridgehead atoms. The molecule has 1 aromatic carbocycles. The van der Waals surface area contributed by atoms with E-state index in [0.717, 1.165) is 22.5 Å². The predicted molar refractivity (Wildman–Crippen MR) is 129 cm³/mol. The number of benzene rings is 1. The summed E-state index contributed by atoms with van der Waals surface area (Å²) in [6, 6.07) is 10.4. The van der Waals surface area contributed by atoms with Gasteiger partial charge < -0.3 is 20.7 Å². The molecule has 1 saturated heterocycles. The Balaban J connectivity index is 1.68. The van der Waals surface area contributed by atoms with Crippen LogP contribution in [0.15, 0.2) is 36.4 Å². The van der Waals surface area contributed by atoms with Gasteiger partial charge in [-0.1, -0.05) is 12.1 Å². The first kappa shape index (κ1) is 26.1. The fourth-order valence-corrected chi connectivity index (χ4v) is 4.45. The normalized spacial score (nSPS) is 18.3. The summed E-state index contributed by atoms with van der Waals surface area (Å²) in [6.45, 7) is 6.47. The Labute approximate surface area is 204 Å². The van der Waals surface area contributed by atoms with E-state index in [-0.39, 0.29) is 31.3 Å². The lowest BCUT2D eigenvalue weighted by atomic mass is 9.81. The van der Waals surface area contributed by atoms with Crippen molar-refractivity contribution in [2.24, 2.45) is 5.73 Å². The zero-order valence-electron chi connectivity index (χ0n) is 20.3. The Morgan fingerprint density at radius 2 is 1.89 bits per heavy atom. The van der Waals surface area contributed by atoms with Crippen LogP contribution in [0.4, 0.5) is 0 Å². The van der Waals surface area contributed by atoms with Crippen LogP contribution < -0.4 is 21.3 Å². The van der Waals surface area contributed by atoms with Crippen LogP contribution in [0, 0.1) is 13.8 Å². The maximum Gasteiger partial charge on any atom is 0.266 e. The second kappa shape index (κ2) is 11.3. The van der Waals surface area contributed by atoms with Gasteiger partial charge in [-0.15, -0.1) is 0 Å². The number of pyridine rings is 1. The SMILES string of the molecule is Cc1cc(COc2ccc(C3(C)CCN(C(CCNC(=O)CN)C(=O)NO)C3=O)cc2)cc(C)n1. The number of hydrogen-bond acceptors (Lipinski definition) is 7. The first-order valence-electron chi connectivity index (χ1n) is 11.6. The maximum atomic E-state index is 13.4. The van der Waals surface area contributed by atoms with Crippen molar-refractivity contribution in [3.8, 4) is 5.75 Å². The van der Waals surface area contributed by atoms with Gasteiger partial charge in [0.15, 0.2) is 0 Å². The highest BCUT2D eigenvalue weighted by atomic mass is 16.5. The van der Waals surface area contributed by atoms with Crippen LogP contribution in [-0.2, 0) is 26.4 Å². The highest BCUT2D eigenvalue weighted by molar-refractivity contribution is 5.94. The van der Waals surface area contributed by atoms with Gasteiger partial charge in [0.05, 0.1) is 12.0 Å². The number of amides is 3. The fraction of sp³-hybridized carbons (Fsp3) is 0.440. The topological polar surface area (TPSA) is 147 Å². The number of hydrogen-bond donors (Lipinski definition) is 4. The van der Waals surface area contributed by atoms with Gasteiger partial charge in [-0.3, -0.25) is 24.6 Å². The van der Waals surface area contributed by atoms with Crippen LogP contribution in [0.25, 0.3) is 0 Å². The third-order valence-corrected chi connectivity index (χ3v) is 6.34. The second-order valence-electron chi connectivity index (χ2n) is 8.99. The minimum Gasteiger partial charge on any atom is -0.489 e. The number of nitrogens with two attached hydrogens (primary N) is 1. The molecule has 2 heterocycles. The molecule has 10 heteroatoms. The summed E-state index contributed by atoms with van der Waals surface area (Å²) in [4.78, 5) is 43.0. The first-order chi connectivity index (χ1) is 16.7. The highest BCUT2D eigenvalue weighted by Gasteiger charge is 2.47. The molecule has 0 spiro atoms. The van der Waals surface area contributed by atoms with E-state index in [9.17, 15) is 19.6 Å². The molecule has 3 amide bonds. The molecule has 1 fully saturated rings. The van der Waals surface area contributed by atoms with Crippen LogP contribution in [-0.4, -0.2) is 58.5 Å². The van der Waals surface area contributed by atoms with E-state index < -0.39 is 17.4 Å². The average molecular weight is 484 g/mol. The van der Waals surface area contributed by atoms with Crippen molar-refractivity contribution in [2.75, 3.05) is 19.6 Å². The van der Waals surface area contributed by atoms with E-state index in [1.54, 1.807) is 5.48 Å². The third kappa shape index (κ3) is 6.14. The number of rotatable bonds is 10. The monoisotopic (exact) mass is 483 g/mol. The van der Waals surface area contributed by atoms with E-state index in [4.69, 9.17) is 10.5 Å². The van der Waals surface area contributed by atoms with Gasteiger partial charge in [0.2, 0.25) is 11.8 Å². The molecule has 0 saturated carbocycles. The zero-order valence-corrected chi connectivity index (χ0v) is 20.3. The molecule has 1 aliphatic heterocycles. The molecule has 1 aliphatic rings. The standard InChI is InChI=1S/C25H33N5O5/c1-16-12-18(13-17(2)28-16)15-35-20-6-4-19(5-7-20)25(3)9-11-30(24(25)33)21(23(32)29-34)8-10-27-22(31)14-26/h4-7,12-13,21,34H,8-11,14-15,26H2,1-3H3,(H,27,31)(H,29,32). The molecule has 2 unspecified atom stereocenters. The molecular formula is C25H33N5O5. The molecule has 1 aromatic heterocycles. The number of carbonyl (C=O) groups is 3. The minimum atomic E-state index is -0.915. The van der Waals surface area contributed by atoms with Crippen molar-refractivity contribution in [2.45, 2.75) is 51.7 Å². The van der Waals surface area contributed by atoms with Crippen molar-refractivity contribution in [3.63, 3.8) is 0 Å². The van der Waals surface area contributed by atoms with Gasteiger partial charge in [-0.25, -0.2) is 5.48 Å². The van der Waals surface area contributed by atoms with Crippen molar-refractivity contribution in [3.05, 3.63) is 58.9 Å². The predicted octanol–water partition coefficient (Wildman–Crippen LogP) is 1.11. The van der Waals surface area contributed by atoms with Crippen LogP contribution in [0.1, 0.15) is 42.3 Å². The number of hydroxylamine groups is 1. The Morgan fingerprint density at radius 1 is 1.23 bits per heavy atom. The lowest BCUT2D eigenvalue weighted by Crippen LogP contribution is -2.50. The van der Waals surface area contributed by atoms with Crippen molar-refractivity contribution in [1.82, 2.24) is 20.7 Å². The van der Waals surface area contributed by atoms with Gasteiger partial charge in [0.1, 0.15) is 18.4 Å². The number of carbonyl (C=O) groups excluding carboxylic acids is 3. The Morgan fingerprint density at radius 3 is 2.49 bits per heavy atom. The number of ether oxygens (including phenoxy) is 1. The lowest BCUT2D eigenvalue weighted by Gasteiger charge is -2.29. The molecule has 5 N–H and O–H groups in total. The number of nitrogens with one attached hydrogen (secondary N) is 2. The molecule has 0 radical (unpaired) electrons. The van der Waals surface area contributed by atoms with E-state index in [1.807, 2.05) is 57.2 Å². The molecule has 188 valence electrons. The summed E-state index contributed by atoms with van der Waals surface area (Å²) in [5.41, 5.74) is 9.80. The Hall–Kier alpha value is -3.50. The van der Waals surface area contributed by atoms with Gasteiger partial charge >= 0.3 is 0 Å². The van der Waals surface area contributed by atoms with Crippen LogP contribution in [0.3, 0.4) is 0 Å². The quantitative estimate of drug-likeness (QED) is 0.292. The molecule has 10 nitrogen and oxygen atoms in total. The molecule has 35 heavy (non-hydrogen) atoms. The van der Waals surface area contributed by atoms with Gasteiger partial charge in [-0.2, -0.15) is 0 Å². The summed E-state index contributed by atoms with van der Waals surface area (Å²) in [7, 11) is 0. The van der Waals surface area contributed by atoms with E-state index >= 15 is 0 Å². The van der Waals surface area contributed by atoms with Gasteiger partial charge in [-0.05, 0) is 69.0 Å². The van der Waals surface area contributed by atoms with Crippen molar-refractivity contribution < 1.29 is 24.3 Å². The first-order valence-corrected chi connectivity index (χ1v) is 11.6. The molecular weight excluding hydrogens is 450 g/mol. The summed E-state index contributed by atoms with van der Waals surface area (Å²) in [5.74, 6) is -0.593. The second-order valence-corrected chi connectivity index (χ2v) is 8.99. The lowest BCUT2D eigenvalue weighted by molar-refractivity contribution is -0.144. The summed E-state index contributed by atoms with van der Waals surface area (Å²) in [6.07, 6.45) is 0.659. The number of aromatic nitrogens is 1. The molecule has 2 atom stereocenters. The van der Waals surface area contributed by atoms with Crippen LogP contribution >= 0.6 is 0 Å². The minimum absolute atomic E-state index is 0.150. The van der Waals surface area contributed by atoms with E-state index in [0.29, 0.717) is 25.3 Å². The molecule has 2 aromatic rings. The third-order valence-electron chi connectivity index (χ3n) is 6.34. The number of likely N-dealkylation sites (tertiary alicyclic amines) is 1.